The Balaban J connectivity index is 1.34. The first kappa shape index (κ1) is 29.3. The Labute approximate surface area is 290 Å². The van der Waals surface area contributed by atoms with E-state index in [2.05, 4.69) is 167 Å². The fourth-order valence-electron chi connectivity index (χ4n) is 7.76. The van der Waals surface area contributed by atoms with Gasteiger partial charge < -0.3 is 9.13 Å². The van der Waals surface area contributed by atoms with Gasteiger partial charge in [0.05, 0.1) is 39.8 Å². The van der Waals surface area contributed by atoms with Gasteiger partial charge in [-0.15, -0.1) is 0 Å². The topological polar surface area (TPSA) is 57.4 Å². The number of nitrogens with zero attached hydrogens (tertiary/aromatic N) is 4. The second-order valence-corrected chi connectivity index (χ2v) is 12.6. The average molecular weight is 639 g/mol. The maximum absolute atomic E-state index is 10.6. The molecule has 4 heteroatoms. The van der Waals surface area contributed by atoms with E-state index in [1.54, 1.807) is 0 Å². The molecular weight excluding hydrogens is 609 g/mol. The summed E-state index contributed by atoms with van der Waals surface area (Å²) in [5, 5.41) is 25.3. The first-order valence-electron chi connectivity index (χ1n) is 16.8. The van der Waals surface area contributed by atoms with Crippen LogP contribution in [0.15, 0.2) is 163 Å². The number of para-hydroxylation sites is 4. The molecule has 0 N–H and O–H groups in total. The Hall–Kier alpha value is -6.88. The van der Waals surface area contributed by atoms with E-state index < -0.39 is 0 Å². The summed E-state index contributed by atoms with van der Waals surface area (Å²) in [6.07, 6.45) is 7.40. The second kappa shape index (κ2) is 12.0. The molecule has 6 aromatic carbocycles. The third-order valence-corrected chi connectivity index (χ3v) is 9.92. The molecule has 0 atom stereocenters. The minimum atomic E-state index is 0.553. The first-order valence-corrected chi connectivity index (χ1v) is 16.8. The summed E-state index contributed by atoms with van der Waals surface area (Å²) in [5.41, 5.74) is 11.8. The predicted octanol–water partition coefficient (Wildman–Crippen LogP) is 11.6. The Kier molecular flexibility index (Phi) is 7.01. The average Bonchev–Trinajstić information content (AvgIpc) is 3.68. The summed E-state index contributed by atoms with van der Waals surface area (Å²) in [4.78, 5) is 0. The number of nitriles is 2. The summed E-state index contributed by atoms with van der Waals surface area (Å²) in [6, 6.07) is 53.5. The van der Waals surface area contributed by atoms with Gasteiger partial charge in [-0.05, 0) is 53.6 Å². The summed E-state index contributed by atoms with van der Waals surface area (Å²) >= 11 is 0. The standard InChI is InChI=1S/C46H30N4/c47-29-31-12-9-20-39(45(27-26-31)50-43-24-7-3-18-37(43)38-19-4-8-25-44(38)50)40-21-11-14-33(30-48)46(40)32-13-10-15-34(28-32)49-41-22-5-1-16-35(41)36-17-2-6-23-42(36)49/h1-11,13-26,28H,12,27H2/b20-9-,31-26+,45-39-. The lowest BCUT2D eigenvalue weighted by Gasteiger charge is -2.21. The molecule has 1 aliphatic rings. The molecule has 234 valence electrons. The van der Waals surface area contributed by atoms with Crippen molar-refractivity contribution in [1.29, 1.82) is 10.5 Å². The monoisotopic (exact) mass is 638 g/mol. The minimum absolute atomic E-state index is 0.553. The van der Waals surface area contributed by atoms with Crippen LogP contribution in [0.25, 0.3) is 71.7 Å². The molecule has 0 bridgehead atoms. The van der Waals surface area contributed by atoms with Gasteiger partial charge in [-0.2, -0.15) is 10.5 Å². The van der Waals surface area contributed by atoms with Crippen LogP contribution in [0.3, 0.4) is 0 Å². The van der Waals surface area contributed by atoms with Gasteiger partial charge in [0.15, 0.2) is 0 Å². The Morgan fingerprint density at radius 2 is 1.08 bits per heavy atom. The zero-order valence-electron chi connectivity index (χ0n) is 27.2. The SMILES string of the molecule is N#C/C1=C/C/C(n2c3ccccc3c3ccccc32)=C(c2cccc(C#N)c2-c2cccc(-n3c4ccccc4c4ccccc43)c2)\C=C/C1. The summed E-state index contributed by atoms with van der Waals surface area (Å²) < 4.78 is 4.66. The van der Waals surface area contributed by atoms with E-state index in [1.165, 1.54) is 21.5 Å². The number of benzene rings is 6. The van der Waals surface area contributed by atoms with Gasteiger partial charge >= 0.3 is 0 Å². The molecule has 0 fully saturated rings. The highest BCUT2D eigenvalue weighted by molar-refractivity contribution is 6.12. The molecular formula is C46H30N4. The molecule has 8 aromatic rings. The van der Waals surface area contributed by atoms with E-state index in [-0.39, 0.29) is 0 Å². The normalized spacial score (nSPS) is 16.5. The van der Waals surface area contributed by atoms with E-state index in [1.807, 2.05) is 12.1 Å². The van der Waals surface area contributed by atoms with Crippen molar-refractivity contribution < 1.29 is 0 Å². The van der Waals surface area contributed by atoms with Crippen molar-refractivity contribution in [3.63, 3.8) is 0 Å². The minimum Gasteiger partial charge on any atom is -0.312 e. The summed E-state index contributed by atoms with van der Waals surface area (Å²) in [5.74, 6) is 0. The van der Waals surface area contributed by atoms with Gasteiger partial charge in [-0.25, -0.2) is 0 Å². The van der Waals surface area contributed by atoms with Crippen LogP contribution in [0, 0.1) is 22.7 Å². The smallest absolute Gasteiger partial charge is 0.0998 e. The summed E-state index contributed by atoms with van der Waals surface area (Å²) in [6.45, 7) is 0. The molecule has 0 saturated heterocycles. The van der Waals surface area contributed by atoms with Crippen molar-refractivity contribution in [3.8, 4) is 29.0 Å². The molecule has 0 amide bonds. The fraction of sp³-hybridized carbons (Fsp3) is 0.0435. The van der Waals surface area contributed by atoms with Crippen molar-refractivity contribution >= 4 is 54.9 Å². The second-order valence-electron chi connectivity index (χ2n) is 12.6. The quantitative estimate of drug-likeness (QED) is 0.193. The van der Waals surface area contributed by atoms with Gasteiger partial charge in [-0.3, -0.25) is 0 Å². The van der Waals surface area contributed by atoms with Crippen LogP contribution in [-0.4, -0.2) is 9.13 Å². The van der Waals surface area contributed by atoms with Crippen LogP contribution < -0.4 is 0 Å². The maximum atomic E-state index is 10.6. The van der Waals surface area contributed by atoms with Crippen LogP contribution in [0.5, 0.6) is 0 Å². The van der Waals surface area contributed by atoms with Crippen molar-refractivity contribution in [2.45, 2.75) is 12.8 Å². The van der Waals surface area contributed by atoms with Crippen LogP contribution in [0.4, 0.5) is 0 Å². The molecule has 0 aliphatic heterocycles. The Morgan fingerprint density at radius 1 is 0.520 bits per heavy atom. The third kappa shape index (κ3) is 4.59. The highest BCUT2D eigenvalue weighted by atomic mass is 15.0. The van der Waals surface area contributed by atoms with Crippen molar-refractivity contribution in [2.75, 3.05) is 0 Å². The molecule has 0 spiro atoms. The van der Waals surface area contributed by atoms with E-state index in [4.69, 9.17) is 0 Å². The number of hydrogen-bond acceptors (Lipinski definition) is 2. The van der Waals surface area contributed by atoms with Gasteiger partial charge in [0, 0.05) is 62.5 Å². The maximum Gasteiger partial charge on any atom is 0.0998 e. The lowest BCUT2D eigenvalue weighted by atomic mass is 9.88. The molecule has 9 rings (SSSR count). The largest absolute Gasteiger partial charge is 0.312 e. The van der Waals surface area contributed by atoms with E-state index in [0.29, 0.717) is 18.4 Å². The number of aromatic nitrogens is 2. The highest BCUT2D eigenvalue weighted by Crippen LogP contribution is 2.42. The number of fused-ring (bicyclic) bond motifs is 6. The zero-order chi connectivity index (χ0) is 33.6. The zero-order valence-corrected chi connectivity index (χ0v) is 27.2. The van der Waals surface area contributed by atoms with Crippen molar-refractivity contribution in [3.05, 3.63) is 174 Å². The number of hydrogen-bond donors (Lipinski definition) is 0. The Morgan fingerprint density at radius 3 is 1.66 bits per heavy atom. The lowest BCUT2D eigenvalue weighted by Crippen LogP contribution is -2.04. The molecule has 4 nitrogen and oxygen atoms in total. The molecule has 0 radical (unpaired) electrons. The molecule has 2 heterocycles. The van der Waals surface area contributed by atoms with Crippen LogP contribution in [-0.2, 0) is 0 Å². The molecule has 0 unspecified atom stereocenters. The first-order chi connectivity index (χ1) is 24.7. The van der Waals surface area contributed by atoms with Gasteiger partial charge in [0.1, 0.15) is 0 Å². The van der Waals surface area contributed by atoms with E-state index in [9.17, 15) is 10.5 Å². The highest BCUT2D eigenvalue weighted by Gasteiger charge is 2.22. The van der Waals surface area contributed by atoms with Crippen molar-refractivity contribution in [2.24, 2.45) is 0 Å². The Bertz CT molecular complexity index is 2730. The third-order valence-electron chi connectivity index (χ3n) is 9.92. The molecule has 50 heavy (non-hydrogen) atoms. The fourth-order valence-corrected chi connectivity index (χ4v) is 7.76. The van der Waals surface area contributed by atoms with Gasteiger partial charge in [0.25, 0.3) is 0 Å². The van der Waals surface area contributed by atoms with Crippen LogP contribution >= 0.6 is 0 Å². The van der Waals surface area contributed by atoms with E-state index in [0.717, 1.165) is 61.3 Å². The number of rotatable bonds is 4. The van der Waals surface area contributed by atoms with Gasteiger partial charge in [-0.1, -0.05) is 115 Å². The van der Waals surface area contributed by atoms with Crippen molar-refractivity contribution in [1.82, 2.24) is 9.13 Å². The van der Waals surface area contributed by atoms with Crippen LogP contribution in [0.2, 0.25) is 0 Å². The number of allylic oxidation sites excluding steroid dienone is 6. The lowest BCUT2D eigenvalue weighted by molar-refractivity contribution is 1.12. The molecule has 2 aromatic heterocycles. The molecule has 1 aliphatic carbocycles. The van der Waals surface area contributed by atoms with E-state index >= 15 is 0 Å². The molecule has 0 saturated carbocycles. The predicted molar refractivity (Wildman–Crippen MR) is 206 cm³/mol. The van der Waals surface area contributed by atoms with Gasteiger partial charge in [0.2, 0.25) is 0 Å². The summed E-state index contributed by atoms with van der Waals surface area (Å²) in [7, 11) is 0. The van der Waals surface area contributed by atoms with Crippen LogP contribution in [0.1, 0.15) is 24.0 Å².